The van der Waals surface area contributed by atoms with Crippen molar-refractivity contribution in [3.05, 3.63) is 35.3 Å². The minimum Gasteiger partial charge on any atom is -0.476 e. The SMILES string of the molecule is O=C(Nc1nc(C(=O)O)c(S(=O)(=O)c2nn[nH]n2)s1)Nc1ccc(F)cc1C(=O)C1CCCC1. The highest BCUT2D eigenvalue weighted by atomic mass is 32.2. The van der Waals surface area contributed by atoms with Crippen molar-refractivity contribution in [2.75, 3.05) is 10.6 Å². The number of Topliss-reactive ketones (excluding diaryl/α,β-unsaturated/α-hetero) is 1. The number of tetrazole rings is 1. The molecule has 1 fully saturated rings. The smallest absolute Gasteiger partial charge is 0.356 e. The lowest BCUT2D eigenvalue weighted by molar-refractivity contribution is 0.0687. The van der Waals surface area contributed by atoms with Crippen molar-refractivity contribution in [3.63, 3.8) is 0 Å². The van der Waals surface area contributed by atoms with Crippen LogP contribution in [0.1, 0.15) is 46.5 Å². The summed E-state index contributed by atoms with van der Waals surface area (Å²) in [7, 11) is -4.48. The molecule has 0 aliphatic heterocycles. The standard InChI is InChI=1S/C18H16FN7O6S2/c19-9-5-6-11(10(7-9)13(27)8-3-1-2-4-8)20-16(30)22-17-21-12(14(28)29)15(33-17)34(31,32)18-23-25-26-24-18/h5-8H,1-4H2,(H,28,29)(H2,20,21,22,30)(H,23,24,25,26). The molecule has 0 spiro atoms. The lowest BCUT2D eigenvalue weighted by Gasteiger charge is -2.14. The molecule has 2 amide bonds. The van der Waals surface area contributed by atoms with Crippen LogP contribution in [0.15, 0.2) is 27.6 Å². The molecule has 1 saturated carbocycles. The van der Waals surface area contributed by atoms with Gasteiger partial charge in [0.2, 0.25) is 0 Å². The fraction of sp³-hybridized carbons (Fsp3) is 0.278. The first kappa shape index (κ1) is 23.4. The molecule has 4 rings (SSSR count). The van der Waals surface area contributed by atoms with Gasteiger partial charge in [0, 0.05) is 11.5 Å². The molecule has 2 heterocycles. The third kappa shape index (κ3) is 4.62. The van der Waals surface area contributed by atoms with Gasteiger partial charge in [0.05, 0.1) is 5.69 Å². The molecule has 13 nitrogen and oxygen atoms in total. The van der Waals surface area contributed by atoms with Crippen LogP contribution < -0.4 is 10.6 Å². The van der Waals surface area contributed by atoms with Gasteiger partial charge in [0.25, 0.3) is 15.0 Å². The summed E-state index contributed by atoms with van der Waals surface area (Å²) in [6, 6.07) is 2.40. The zero-order valence-electron chi connectivity index (χ0n) is 17.1. The molecule has 2 aromatic heterocycles. The van der Waals surface area contributed by atoms with Crippen molar-refractivity contribution in [1.29, 1.82) is 0 Å². The quantitative estimate of drug-likeness (QED) is 0.343. The van der Waals surface area contributed by atoms with Crippen molar-refractivity contribution < 1.29 is 32.3 Å². The normalized spacial score (nSPS) is 14.1. The van der Waals surface area contributed by atoms with Gasteiger partial charge in [0.15, 0.2) is 20.8 Å². The highest BCUT2D eigenvalue weighted by Gasteiger charge is 2.33. The second-order valence-corrected chi connectivity index (χ2v) is 10.3. The Morgan fingerprint density at radius 2 is 1.91 bits per heavy atom. The van der Waals surface area contributed by atoms with Crippen LogP contribution in [0.4, 0.5) is 20.0 Å². The van der Waals surface area contributed by atoms with E-state index in [1.54, 1.807) is 0 Å². The van der Waals surface area contributed by atoms with Gasteiger partial charge in [-0.05, 0) is 36.3 Å². The Labute approximate surface area is 194 Å². The monoisotopic (exact) mass is 509 g/mol. The molecule has 1 aliphatic rings. The Hall–Kier alpha value is -3.79. The molecule has 3 aromatic rings. The lowest BCUT2D eigenvalue weighted by Crippen LogP contribution is -2.22. The number of sulfone groups is 1. The zero-order valence-corrected chi connectivity index (χ0v) is 18.7. The second kappa shape index (κ2) is 9.22. The number of hydrogen-bond acceptors (Lipinski definition) is 10. The molecular weight excluding hydrogens is 493 g/mol. The molecule has 0 saturated heterocycles. The van der Waals surface area contributed by atoms with E-state index < -0.39 is 42.7 Å². The summed E-state index contributed by atoms with van der Waals surface area (Å²) in [6.07, 6.45) is 3.13. The number of aromatic amines is 1. The Morgan fingerprint density at radius 3 is 2.56 bits per heavy atom. The Bertz CT molecular complexity index is 1370. The number of benzene rings is 1. The summed E-state index contributed by atoms with van der Waals surface area (Å²) >= 11 is 0.365. The first-order valence-electron chi connectivity index (χ1n) is 9.81. The lowest BCUT2D eigenvalue weighted by atomic mass is 9.95. The number of ketones is 1. The maximum absolute atomic E-state index is 13.8. The summed E-state index contributed by atoms with van der Waals surface area (Å²) in [6.45, 7) is 0. The highest BCUT2D eigenvalue weighted by Crippen LogP contribution is 2.32. The summed E-state index contributed by atoms with van der Waals surface area (Å²) in [4.78, 5) is 40.5. The van der Waals surface area contributed by atoms with E-state index in [-0.39, 0.29) is 28.1 Å². The van der Waals surface area contributed by atoms with Crippen molar-refractivity contribution in [3.8, 4) is 0 Å². The van der Waals surface area contributed by atoms with Gasteiger partial charge in [-0.2, -0.15) is 5.21 Å². The molecule has 4 N–H and O–H groups in total. The van der Waals surface area contributed by atoms with Gasteiger partial charge in [-0.15, -0.1) is 5.10 Å². The molecule has 16 heteroatoms. The number of carbonyl (C=O) groups excluding carboxylic acids is 2. The van der Waals surface area contributed by atoms with E-state index in [0.717, 1.165) is 25.0 Å². The number of carboxylic acids is 1. The van der Waals surface area contributed by atoms with Gasteiger partial charge in [-0.3, -0.25) is 10.1 Å². The maximum atomic E-state index is 13.8. The van der Waals surface area contributed by atoms with Gasteiger partial charge < -0.3 is 10.4 Å². The van der Waals surface area contributed by atoms with Crippen LogP contribution in [-0.4, -0.2) is 56.9 Å². The van der Waals surface area contributed by atoms with Crippen LogP contribution in [-0.2, 0) is 9.84 Å². The largest absolute Gasteiger partial charge is 0.476 e. The number of carbonyl (C=O) groups is 3. The number of anilines is 2. The van der Waals surface area contributed by atoms with E-state index in [2.05, 4.69) is 31.0 Å². The van der Waals surface area contributed by atoms with Gasteiger partial charge in [0.1, 0.15) is 5.82 Å². The number of halogens is 1. The Morgan fingerprint density at radius 1 is 1.18 bits per heavy atom. The Balaban J connectivity index is 1.58. The molecule has 0 atom stereocenters. The topological polar surface area (TPSA) is 197 Å². The van der Waals surface area contributed by atoms with Crippen molar-refractivity contribution in [2.45, 2.75) is 35.0 Å². The fourth-order valence-electron chi connectivity index (χ4n) is 3.51. The summed E-state index contributed by atoms with van der Waals surface area (Å²) in [5, 5.41) is 24.6. The number of nitrogens with one attached hydrogen (secondary N) is 3. The molecule has 0 radical (unpaired) electrons. The first-order chi connectivity index (χ1) is 16.2. The van der Waals surface area contributed by atoms with Crippen LogP contribution in [0.2, 0.25) is 0 Å². The van der Waals surface area contributed by atoms with E-state index >= 15 is 0 Å². The van der Waals surface area contributed by atoms with Crippen LogP contribution in [0.3, 0.4) is 0 Å². The van der Waals surface area contributed by atoms with E-state index in [0.29, 0.717) is 24.2 Å². The van der Waals surface area contributed by atoms with E-state index in [4.69, 9.17) is 0 Å². The number of aromatic carboxylic acids is 1. The van der Waals surface area contributed by atoms with Crippen molar-refractivity contribution in [1.82, 2.24) is 25.6 Å². The van der Waals surface area contributed by atoms with Gasteiger partial charge in [-0.25, -0.2) is 27.4 Å². The van der Waals surface area contributed by atoms with Crippen LogP contribution >= 0.6 is 11.3 Å². The number of H-pyrrole nitrogens is 1. The zero-order chi connectivity index (χ0) is 24.5. The van der Waals surface area contributed by atoms with Crippen LogP contribution in [0.5, 0.6) is 0 Å². The minimum atomic E-state index is -4.48. The van der Waals surface area contributed by atoms with E-state index in [1.807, 2.05) is 5.21 Å². The van der Waals surface area contributed by atoms with Crippen LogP contribution in [0.25, 0.3) is 0 Å². The first-order valence-corrected chi connectivity index (χ1v) is 12.1. The molecule has 0 unspecified atom stereocenters. The average Bonchev–Trinajstić information content (AvgIpc) is 3.55. The Kier molecular flexibility index (Phi) is 6.34. The minimum absolute atomic E-state index is 0.00721. The van der Waals surface area contributed by atoms with Gasteiger partial charge in [-0.1, -0.05) is 29.3 Å². The number of nitrogens with zero attached hydrogens (tertiary/aromatic N) is 4. The number of rotatable bonds is 7. The molecule has 1 aromatic carbocycles. The summed E-state index contributed by atoms with van der Waals surface area (Å²) in [5.74, 6) is -2.85. The highest BCUT2D eigenvalue weighted by molar-refractivity contribution is 7.93. The molecule has 1 aliphatic carbocycles. The number of thiazole rings is 1. The molecule has 178 valence electrons. The summed E-state index contributed by atoms with van der Waals surface area (Å²) in [5.41, 5.74) is -0.790. The van der Waals surface area contributed by atoms with Crippen LogP contribution in [0, 0.1) is 11.7 Å². The maximum Gasteiger partial charge on any atom is 0.356 e. The number of amides is 2. The predicted molar refractivity (Wildman–Crippen MR) is 114 cm³/mol. The number of urea groups is 1. The van der Waals surface area contributed by atoms with Gasteiger partial charge >= 0.3 is 12.0 Å². The third-order valence-electron chi connectivity index (χ3n) is 5.05. The second-order valence-electron chi connectivity index (χ2n) is 7.27. The van der Waals surface area contributed by atoms with Crippen molar-refractivity contribution >= 4 is 49.8 Å². The third-order valence-corrected chi connectivity index (χ3v) is 8.06. The molecule has 34 heavy (non-hydrogen) atoms. The van der Waals surface area contributed by atoms with Crippen molar-refractivity contribution in [2.24, 2.45) is 5.92 Å². The van der Waals surface area contributed by atoms with E-state index in [1.165, 1.54) is 6.07 Å². The molecule has 0 bridgehead atoms. The predicted octanol–water partition coefficient (Wildman–Crippen LogP) is 2.34. The number of carboxylic acid groups (broad SMARTS) is 1. The number of hydrogen-bond donors (Lipinski definition) is 4. The fourth-order valence-corrected chi connectivity index (χ4v) is 5.96. The molecular formula is C18H16FN7O6S2. The van der Waals surface area contributed by atoms with E-state index in [9.17, 15) is 32.3 Å². The average molecular weight is 510 g/mol. The number of aromatic nitrogens is 5. The summed E-state index contributed by atoms with van der Waals surface area (Å²) < 4.78 is 38.3.